The molecule has 0 bridgehead atoms. The molecule has 1 aliphatic heterocycles. The van der Waals surface area contributed by atoms with Crippen molar-refractivity contribution in [2.45, 2.75) is 32.4 Å². The number of hydrogen-bond donors (Lipinski definition) is 3. The van der Waals surface area contributed by atoms with Gasteiger partial charge in [0.1, 0.15) is 5.56 Å². The molecule has 2 atom stereocenters. The molecule has 138 valence electrons. The third-order valence-corrected chi connectivity index (χ3v) is 5.11. The Hall–Kier alpha value is -2.44. The predicted molar refractivity (Wildman–Crippen MR) is 99.9 cm³/mol. The SMILES string of the molecule is Cc1ccc(C(=O)N2CCC(Cc3ccccc3CN)[C@H](O)C2)c(=O)[nH]1. The maximum Gasteiger partial charge on any atom is 0.260 e. The van der Waals surface area contributed by atoms with E-state index in [1.165, 1.54) is 0 Å². The normalized spacial score (nSPS) is 20.2. The largest absolute Gasteiger partial charge is 0.391 e. The van der Waals surface area contributed by atoms with Crippen LogP contribution in [0.25, 0.3) is 0 Å². The number of aryl methyl sites for hydroxylation is 1. The molecular formula is C20H25N3O3. The van der Waals surface area contributed by atoms with Crippen LogP contribution in [0.5, 0.6) is 0 Å². The molecule has 0 spiro atoms. The Morgan fingerprint density at radius 1 is 1.27 bits per heavy atom. The number of aliphatic hydroxyl groups is 1. The molecule has 1 aromatic carbocycles. The van der Waals surface area contributed by atoms with Gasteiger partial charge in [0, 0.05) is 25.3 Å². The number of nitrogens with two attached hydrogens (primary N) is 1. The van der Waals surface area contributed by atoms with Crippen molar-refractivity contribution in [2.24, 2.45) is 11.7 Å². The van der Waals surface area contributed by atoms with Crippen molar-refractivity contribution in [3.8, 4) is 0 Å². The quantitative estimate of drug-likeness (QED) is 0.767. The topological polar surface area (TPSA) is 99.4 Å². The number of rotatable bonds is 4. The number of hydrogen-bond acceptors (Lipinski definition) is 4. The van der Waals surface area contributed by atoms with E-state index in [1.807, 2.05) is 24.3 Å². The van der Waals surface area contributed by atoms with Crippen molar-refractivity contribution in [1.82, 2.24) is 9.88 Å². The number of β-amino-alcohol motifs (C(OH)–C–C–N with tert-alkyl or cyclic N) is 1. The fourth-order valence-electron chi connectivity index (χ4n) is 3.55. The van der Waals surface area contributed by atoms with Crippen LogP contribution in [0, 0.1) is 12.8 Å². The zero-order valence-electron chi connectivity index (χ0n) is 14.9. The van der Waals surface area contributed by atoms with Gasteiger partial charge < -0.3 is 20.7 Å². The van der Waals surface area contributed by atoms with Gasteiger partial charge in [0.05, 0.1) is 6.10 Å². The summed E-state index contributed by atoms with van der Waals surface area (Å²) in [6, 6.07) is 11.2. The first-order valence-corrected chi connectivity index (χ1v) is 8.93. The average molecular weight is 355 g/mol. The number of aromatic amines is 1. The number of amides is 1. The highest BCUT2D eigenvalue weighted by Gasteiger charge is 2.31. The summed E-state index contributed by atoms with van der Waals surface area (Å²) in [6.07, 6.45) is 0.806. The van der Waals surface area contributed by atoms with E-state index in [-0.39, 0.29) is 29.5 Å². The average Bonchev–Trinajstić information content (AvgIpc) is 2.63. The molecule has 1 unspecified atom stereocenters. The Morgan fingerprint density at radius 3 is 2.65 bits per heavy atom. The highest BCUT2D eigenvalue weighted by atomic mass is 16.3. The van der Waals surface area contributed by atoms with Crippen LogP contribution >= 0.6 is 0 Å². The van der Waals surface area contributed by atoms with Gasteiger partial charge in [-0.15, -0.1) is 0 Å². The Morgan fingerprint density at radius 2 is 2.00 bits per heavy atom. The number of carbonyl (C=O) groups excluding carboxylic acids is 1. The van der Waals surface area contributed by atoms with Gasteiger partial charge in [-0.2, -0.15) is 0 Å². The number of pyridine rings is 1. The minimum Gasteiger partial charge on any atom is -0.391 e. The van der Waals surface area contributed by atoms with E-state index < -0.39 is 6.10 Å². The third kappa shape index (κ3) is 3.86. The summed E-state index contributed by atoms with van der Waals surface area (Å²) in [7, 11) is 0. The molecule has 4 N–H and O–H groups in total. The van der Waals surface area contributed by atoms with Gasteiger partial charge in [-0.25, -0.2) is 0 Å². The molecule has 3 rings (SSSR count). The molecule has 1 fully saturated rings. The fourth-order valence-corrected chi connectivity index (χ4v) is 3.55. The standard InChI is InChI=1S/C20H25N3O3/c1-13-6-7-17(19(25)22-13)20(26)23-9-8-15(18(24)12-23)10-14-4-2-3-5-16(14)11-21/h2-7,15,18,24H,8-12,21H2,1H3,(H,22,25)/t15?,18-/m1/s1. The van der Waals surface area contributed by atoms with E-state index in [9.17, 15) is 14.7 Å². The molecule has 26 heavy (non-hydrogen) atoms. The number of aromatic nitrogens is 1. The summed E-state index contributed by atoms with van der Waals surface area (Å²) in [5.74, 6) is -0.255. The Labute approximate surface area is 152 Å². The van der Waals surface area contributed by atoms with E-state index in [0.717, 1.165) is 17.5 Å². The Kier molecular flexibility index (Phi) is 5.54. The van der Waals surface area contributed by atoms with Crippen LogP contribution in [0.4, 0.5) is 0 Å². The Bertz CT molecular complexity index is 846. The highest BCUT2D eigenvalue weighted by Crippen LogP contribution is 2.24. The lowest BCUT2D eigenvalue weighted by Gasteiger charge is -2.36. The van der Waals surface area contributed by atoms with Crippen LogP contribution in [0.1, 0.15) is 33.6 Å². The van der Waals surface area contributed by atoms with Gasteiger partial charge in [0.25, 0.3) is 11.5 Å². The fraction of sp³-hybridized carbons (Fsp3) is 0.400. The number of piperidine rings is 1. The number of H-pyrrole nitrogens is 1. The third-order valence-electron chi connectivity index (χ3n) is 5.11. The summed E-state index contributed by atoms with van der Waals surface area (Å²) in [6.45, 7) is 3.00. The molecule has 0 aliphatic carbocycles. The summed E-state index contributed by atoms with van der Waals surface area (Å²) in [5, 5.41) is 10.6. The molecule has 1 aromatic heterocycles. The van der Waals surface area contributed by atoms with Crippen molar-refractivity contribution in [3.05, 3.63) is 69.1 Å². The van der Waals surface area contributed by atoms with E-state index in [0.29, 0.717) is 25.2 Å². The zero-order chi connectivity index (χ0) is 18.7. The van der Waals surface area contributed by atoms with Crippen LogP contribution in [0.3, 0.4) is 0 Å². The van der Waals surface area contributed by atoms with Gasteiger partial charge in [0.2, 0.25) is 0 Å². The predicted octanol–water partition coefficient (Wildman–Crippen LogP) is 1.21. The van der Waals surface area contributed by atoms with Gasteiger partial charge in [-0.1, -0.05) is 24.3 Å². The van der Waals surface area contributed by atoms with Crippen molar-refractivity contribution < 1.29 is 9.90 Å². The molecule has 1 saturated heterocycles. The maximum atomic E-state index is 12.6. The Balaban J connectivity index is 1.68. The molecule has 2 aromatic rings. The molecule has 1 aliphatic rings. The molecule has 0 saturated carbocycles. The molecule has 6 nitrogen and oxygen atoms in total. The lowest BCUT2D eigenvalue weighted by molar-refractivity contribution is 0.0196. The van der Waals surface area contributed by atoms with Crippen molar-refractivity contribution in [1.29, 1.82) is 0 Å². The van der Waals surface area contributed by atoms with Crippen LogP contribution < -0.4 is 11.3 Å². The number of likely N-dealkylation sites (tertiary alicyclic amines) is 1. The van der Waals surface area contributed by atoms with Gasteiger partial charge >= 0.3 is 0 Å². The van der Waals surface area contributed by atoms with Crippen LogP contribution in [0.15, 0.2) is 41.2 Å². The van der Waals surface area contributed by atoms with Gasteiger partial charge in [-0.3, -0.25) is 9.59 Å². The number of nitrogens with zero attached hydrogens (tertiary/aromatic N) is 1. The summed E-state index contributed by atoms with van der Waals surface area (Å²) in [4.78, 5) is 28.8. The second kappa shape index (κ2) is 7.85. The molecular weight excluding hydrogens is 330 g/mol. The zero-order valence-corrected chi connectivity index (χ0v) is 14.9. The van der Waals surface area contributed by atoms with E-state index >= 15 is 0 Å². The summed E-state index contributed by atoms with van der Waals surface area (Å²) < 4.78 is 0. The minimum atomic E-state index is -0.622. The van der Waals surface area contributed by atoms with Crippen LogP contribution in [-0.4, -0.2) is 40.1 Å². The smallest absolute Gasteiger partial charge is 0.260 e. The first kappa shape index (κ1) is 18.4. The lowest BCUT2D eigenvalue weighted by Crippen LogP contribution is -2.48. The summed E-state index contributed by atoms with van der Waals surface area (Å²) >= 11 is 0. The number of carbonyl (C=O) groups is 1. The van der Waals surface area contributed by atoms with E-state index in [1.54, 1.807) is 24.0 Å². The second-order valence-electron chi connectivity index (χ2n) is 6.93. The monoisotopic (exact) mass is 355 g/mol. The molecule has 0 radical (unpaired) electrons. The number of nitrogens with one attached hydrogen (secondary N) is 1. The van der Waals surface area contributed by atoms with E-state index in [4.69, 9.17) is 5.73 Å². The number of benzene rings is 1. The molecule has 6 heteroatoms. The maximum absolute atomic E-state index is 12.6. The molecule has 1 amide bonds. The highest BCUT2D eigenvalue weighted by molar-refractivity contribution is 5.93. The van der Waals surface area contributed by atoms with Crippen molar-refractivity contribution in [3.63, 3.8) is 0 Å². The van der Waals surface area contributed by atoms with Crippen LogP contribution in [0.2, 0.25) is 0 Å². The van der Waals surface area contributed by atoms with E-state index in [2.05, 4.69) is 4.98 Å². The van der Waals surface area contributed by atoms with Gasteiger partial charge in [0.15, 0.2) is 0 Å². The first-order valence-electron chi connectivity index (χ1n) is 8.93. The van der Waals surface area contributed by atoms with Crippen molar-refractivity contribution in [2.75, 3.05) is 13.1 Å². The first-order chi connectivity index (χ1) is 12.5. The lowest BCUT2D eigenvalue weighted by atomic mass is 9.86. The van der Waals surface area contributed by atoms with Gasteiger partial charge in [-0.05, 0) is 48.9 Å². The van der Waals surface area contributed by atoms with Crippen molar-refractivity contribution >= 4 is 5.91 Å². The number of aliphatic hydroxyl groups excluding tert-OH is 1. The minimum absolute atomic E-state index is 0.0723. The van der Waals surface area contributed by atoms with Crippen LogP contribution in [-0.2, 0) is 13.0 Å². The summed E-state index contributed by atoms with van der Waals surface area (Å²) in [5.41, 5.74) is 8.47. The second-order valence-corrected chi connectivity index (χ2v) is 6.93. The molecule has 2 heterocycles.